The number of rotatable bonds is 3. The summed E-state index contributed by atoms with van der Waals surface area (Å²) in [5.41, 5.74) is 1.53. The van der Waals surface area contributed by atoms with Gasteiger partial charge in [-0.15, -0.1) is 11.3 Å². The van der Waals surface area contributed by atoms with E-state index in [1.54, 1.807) is 12.1 Å². The molecule has 0 N–H and O–H groups in total. The van der Waals surface area contributed by atoms with Gasteiger partial charge in [-0.3, -0.25) is 4.79 Å². The molecular weight excluding hydrogens is 230 g/mol. The Bertz CT molecular complexity index is 566. The fraction of sp³-hybridized carbons (Fsp3) is 0.143. The molecule has 1 aromatic carbocycles. The van der Waals surface area contributed by atoms with E-state index in [1.165, 1.54) is 11.3 Å². The first kappa shape index (κ1) is 11.6. The van der Waals surface area contributed by atoms with Crippen molar-refractivity contribution in [3.63, 3.8) is 0 Å². The maximum absolute atomic E-state index is 12.1. The quantitative estimate of drug-likeness (QED) is 0.770. The van der Waals surface area contributed by atoms with Crippen LogP contribution in [-0.4, -0.2) is 5.78 Å². The molecule has 0 bridgehead atoms. The Morgan fingerprint density at radius 3 is 2.82 bits per heavy atom. The topological polar surface area (TPSA) is 40.9 Å². The summed E-state index contributed by atoms with van der Waals surface area (Å²) in [5, 5.41) is 10.8. The second kappa shape index (κ2) is 4.94. The molecule has 2 nitrogen and oxygen atoms in total. The van der Waals surface area contributed by atoms with Crippen LogP contribution in [0.2, 0.25) is 0 Å². The van der Waals surface area contributed by atoms with Crippen LogP contribution in [0, 0.1) is 11.3 Å². The molecule has 0 unspecified atom stereocenters. The predicted molar refractivity (Wildman–Crippen MR) is 68.2 cm³/mol. The molecular formula is C14H11NOS. The largest absolute Gasteiger partial charge is 0.288 e. The lowest BCUT2D eigenvalue weighted by atomic mass is 9.98. The summed E-state index contributed by atoms with van der Waals surface area (Å²) in [5.74, 6) is -0.168. The average Bonchev–Trinajstić information content (AvgIpc) is 2.91. The van der Waals surface area contributed by atoms with Crippen LogP contribution >= 0.6 is 11.3 Å². The summed E-state index contributed by atoms with van der Waals surface area (Å²) in [7, 11) is 0. The standard InChI is InChI=1S/C14H11NOS/c1-10(9-15)11-4-2-5-12(8-11)14(16)13-6-3-7-17-13/h2-8,10H,1H3/t10-/m0/s1. The van der Waals surface area contributed by atoms with E-state index in [2.05, 4.69) is 6.07 Å². The van der Waals surface area contributed by atoms with E-state index in [9.17, 15) is 4.79 Å². The maximum atomic E-state index is 12.1. The normalized spacial score (nSPS) is 11.8. The number of carbonyl (C=O) groups is 1. The molecule has 1 aromatic heterocycles. The Hall–Kier alpha value is -1.92. The van der Waals surface area contributed by atoms with Crippen molar-refractivity contribution in [2.24, 2.45) is 0 Å². The van der Waals surface area contributed by atoms with Gasteiger partial charge < -0.3 is 0 Å². The van der Waals surface area contributed by atoms with Crippen LogP contribution in [0.1, 0.15) is 33.6 Å². The highest BCUT2D eigenvalue weighted by atomic mass is 32.1. The second-order valence-corrected chi connectivity index (χ2v) is 4.73. The van der Waals surface area contributed by atoms with Gasteiger partial charge in [-0.25, -0.2) is 0 Å². The number of hydrogen-bond acceptors (Lipinski definition) is 3. The molecule has 0 radical (unpaired) electrons. The van der Waals surface area contributed by atoms with Crippen LogP contribution in [-0.2, 0) is 0 Å². The number of nitriles is 1. The molecule has 1 heterocycles. The average molecular weight is 241 g/mol. The van der Waals surface area contributed by atoms with Crippen LogP contribution in [0.3, 0.4) is 0 Å². The summed E-state index contributed by atoms with van der Waals surface area (Å²) in [6.07, 6.45) is 0. The van der Waals surface area contributed by atoms with E-state index in [4.69, 9.17) is 5.26 Å². The Balaban J connectivity index is 2.35. The lowest BCUT2D eigenvalue weighted by molar-refractivity contribution is 0.104. The fourth-order valence-electron chi connectivity index (χ4n) is 1.57. The van der Waals surface area contributed by atoms with Crippen molar-refractivity contribution in [3.05, 3.63) is 57.8 Å². The molecule has 84 valence electrons. The first-order valence-corrected chi connectivity index (χ1v) is 6.18. The third-order valence-electron chi connectivity index (χ3n) is 2.59. The van der Waals surface area contributed by atoms with Crippen molar-refractivity contribution in [2.45, 2.75) is 12.8 Å². The van der Waals surface area contributed by atoms with Crippen molar-refractivity contribution in [1.82, 2.24) is 0 Å². The minimum Gasteiger partial charge on any atom is -0.288 e. The SMILES string of the molecule is C[C@@H](C#N)c1cccc(C(=O)c2cccs2)c1. The molecule has 2 rings (SSSR count). The fourth-order valence-corrected chi connectivity index (χ4v) is 2.26. The molecule has 0 saturated heterocycles. The summed E-state index contributed by atoms with van der Waals surface area (Å²) in [6.45, 7) is 1.83. The van der Waals surface area contributed by atoms with Crippen LogP contribution in [0.15, 0.2) is 41.8 Å². The summed E-state index contributed by atoms with van der Waals surface area (Å²) < 4.78 is 0. The van der Waals surface area contributed by atoms with Crippen molar-refractivity contribution in [1.29, 1.82) is 5.26 Å². The zero-order valence-corrected chi connectivity index (χ0v) is 10.2. The Morgan fingerprint density at radius 2 is 2.18 bits per heavy atom. The number of benzene rings is 1. The van der Waals surface area contributed by atoms with E-state index in [0.717, 1.165) is 10.4 Å². The van der Waals surface area contributed by atoms with Gasteiger partial charge in [0.05, 0.1) is 16.9 Å². The van der Waals surface area contributed by atoms with Crippen LogP contribution in [0.4, 0.5) is 0 Å². The smallest absolute Gasteiger partial charge is 0.202 e. The minimum atomic E-state index is -0.189. The molecule has 1 atom stereocenters. The molecule has 0 aliphatic heterocycles. The lowest BCUT2D eigenvalue weighted by Crippen LogP contribution is -2.00. The van der Waals surface area contributed by atoms with Crippen LogP contribution in [0.5, 0.6) is 0 Å². The number of ketones is 1. The molecule has 0 aliphatic carbocycles. The molecule has 17 heavy (non-hydrogen) atoms. The zero-order valence-electron chi connectivity index (χ0n) is 9.38. The van der Waals surface area contributed by atoms with Gasteiger partial charge in [0.1, 0.15) is 0 Å². The minimum absolute atomic E-state index is 0.0204. The van der Waals surface area contributed by atoms with E-state index >= 15 is 0 Å². The molecule has 0 spiro atoms. The summed E-state index contributed by atoms with van der Waals surface area (Å²) >= 11 is 1.43. The highest BCUT2D eigenvalue weighted by Crippen LogP contribution is 2.19. The van der Waals surface area contributed by atoms with Crippen molar-refractivity contribution < 1.29 is 4.79 Å². The van der Waals surface area contributed by atoms with Gasteiger partial charge in [0.15, 0.2) is 0 Å². The third kappa shape index (κ3) is 2.43. The molecule has 0 fully saturated rings. The molecule has 2 aromatic rings. The van der Waals surface area contributed by atoms with Crippen molar-refractivity contribution >= 4 is 17.1 Å². The van der Waals surface area contributed by atoms with Gasteiger partial charge in [0, 0.05) is 5.56 Å². The Morgan fingerprint density at radius 1 is 1.35 bits per heavy atom. The monoisotopic (exact) mass is 241 g/mol. The van der Waals surface area contributed by atoms with Crippen molar-refractivity contribution in [2.75, 3.05) is 0 Å². The molecule has 0 aliphatic rings. The van der Waals surface area contributed by atoms with Crippen LogP contribution < -0.4 is 0 Å². The van der Waals surface area contributed by atoms with Gasteiger partial charge in [-0.1, -0.05) is 24.3 Å². The van der Waals surface area contributed by atoms with E-state index < -0.39 is 0 Å². The zero-order chi connectivity index (χ0) is 12.3. The van der Waals surface area contributed by atoms with Crippen LogP contribution in [0.25, 0.3) is 0 Å². The van der Waals surface area contributed by atoms with Gasteiger partial charge in [-0.05, 0) is 30.0 Å². The Labute approximate surface area is 104 Å². The predicted octanol–water partition coefficient (Wildman–Crippen LogP) is 3.61. The summed E-state index contributed by atoms with van der Waals surface area (Å²) in [6, 6.07) is 13.1. The molecule has 0 amide bonds. The van der Waals surface area contributed by atoms with E-state index in [-0.39, 0.29) is 11.7 Å². The first-order valence-electron chi connectivity index (χ1n) is 5.30. The van der Waals surface area contributed by atoms with Gasteiger partial charge in [-0.2, -0.15) is 5.26 Å². The molecule has 3 heteroatoms. The van der Waals surface area contributed by atoms with E-state index in [0.29, 0.717) is 5.56 Å². The van der Waals surface area contributed by atoms with Gasteiger partial charge in [0.25, 0.3) is 0 Å². The summed E-state index contributed by atoms with van der Waals surface area (Å²) in [4.78, 5) is 12.8. The lowest BCUT2D eigenvalue weighted by Gasteiger charge is -2.04. The highest BCUT2D eigenvalue weighted by molar-refractivity contribution is 7.12. The van der Waals surface area contributed by atoms with Gasteiger partial charge in [0.2, 0.25) is 5.78 Å². The number of thiophene rings is 1. The van der Waals surface area contributed by atoms with Gasteiger partial charge >= 0.3 is 0 Å². The second-order valence-electron chi connectivity index (χ2n) is 3.78. The van der Waals surface area contributed by atoms with Crippen molar-refractivity contribution in [3.8, 4) is 6.07 Å². The Kier molecular flexibility index (Phi) is 3.36. The molecule has 0 saturated carbocycles. The first-order chi connectivity index (χ1) is 8.22. The number of nitrogens with zero attached hydrogens (tertiary/aromatic N) is 1. The number of carbonyl (C=O) groups excluding carboxylic acids is 1. The maximum Gasteiger partial charge on any atom is 0.202 e. The van der Waals surface area contributed by atoms with E-state index in [1.807, 2.05) is 36.6 Å². The number of hydrogen-bond donors (Lipinski definition) is 0. The third-order valence-corrected chi connectivity index (χ3v) is 3.46. The highest BCUT2D eigenvalue weighted by Gasteiger charge is 2.12.